The van der Waals surface area contributed by atoms with E-state index in [0.29, 0.717) is 12.3 Å². The highest BCUT2D eigenvalue weighted by atomic mass is 32.2. The zero-order valence-corrected chi connectivity index (χ0v) is 9.97. The van der Waals surface area contributed by atoms with Crippen LogP contribution in [-0.4, -0.2) is 30.6 Å². The summed E-state index contributed by atoms with van der Waals surface area (Å²) in [5.74, 6) is 0.522. The normalized spacial score (nSPS) is 35.4. The topological polar surface area (TPSA) is 54.4 Å². The van der Waals surface area contributed by atoms with Gasteiger partial charge in [0.25, 0.3) is 0 Å². The van der Waals surface area contributed by atoms with Gasteiger partial charge in [0.1, 0.15) is 0 Å². The average Bonchev–Trinajstić information content (AvgIpc) is 2.39. The minimum atomic E-state index is -2.99. The Balaban J connectivity index is 2.78. The first-order valence-corrected chi connectivity index (χ1v) is 7.05. The van der Waals surface area contributed by atoms with Gasteiger partial charge >= 0.3 is 0 Å². The lowest BCUT2D eigenvalue weighted by Gasteiger charge is -2.32. The number of hydrogen-bond donors (Lipinski definition) is 1. The van der Waals surface area contributed by atoms with Crippen LogP contribution in [0.3, 0.4) is 0 Å². The Morgan fingerprint density at radius 2 is 2.00 bits per heavy atom. The smallest absolute Gasteiger partial charge is 0.153 e. The van der Waals surface area contributed by atoms with Crippen LogP contribution < -0.4 is 0 Å². The van der Waals surface area contributed by atoms with E-state index < -0.39 is 15.4 Å². The molecule has 0 aromatic rings. The third-order valence-corrected chi connectivity index (χ3v) is 5.43. The Morgan fingerprint density at radius 1 is 1.43 bits per heavy atom. The van der Waals surface area contributed by atoms with E-state index in [1.165, 1.54) is 0 Å². The molecule has 0 saturated carbocycles. The molecule has 0 aliphatic carbocycles. The van der Waals surface area contributed by atoms with E-state index in [-0.39, 0.29) is 17.4 Å². The van der Waals surface area contributed by atoms with Crippen LogP contribution in [0.15, 0.2) is 0 Å². The Morgan fingerprint density at radius 3 is 2.36 bits per heavy atom. The Hall–Kier alpha value is -0.0900. The first-order chi connectivity index (χ1) is 6.31. The van der Waals surface area contributed by atoms with Gasteiger partial charge in [0.05, 0.1) is 17.1 Å². The van der Waals surface area contributed by atoms with Crippen LogP contribution in [0.1, 0.15) is 33.6 Å². The van der Waals surface area contributed by atoms with Crippen molar-refractivity contribution in [1.82, 2.24) is 0 Å². The van der Waals surface area contributed by atoms with Crippen molar-refractivity contribution in [3.05, 3.63) is 0 Å². The predicted octanol–water partition coefficient (Wildman–Crippen LogP) is 1.22. The van der Waals surface area contributed by atoms with E-state index in [1.807, 2.05) is 6.92 Å². The molecule has 1 rings (SSSR count). The SMILES string of the molecule is CCC(C)C(C)C1(O)CCS(=O)(=O)C1. The summed E-state index contributed by atoms with van der Waals surface area (Å²) in [6.07, 6.45) is 1.38. The van der Waals surface area contributed by atoms with Gasteiger partial charge in [-0.25, -0.2) is 8.42 Å². The molecule has 3 atom stereocenters. The van der Waals surface area contributed by atoms with Crippen LogP contribution in [0.2, 0.25) is 0 Å². The lowest BCUT2D eigenvalue weighted by molar-refractivity contribution is -0.00921. The summed E-state index contributed by atoms with van der Waals surface area (Å²) in [6, 6.07) is 0. The number of hydrogen-bond acceptors (Lipinski definition) is 3. The second-order valence-electron chi connectivity index (χ2n) is 4.62. The maximum absolute atomic E-state index is 11.3. The maximum Gasteiger partial charge on any atom is 0.153 e. The molecule has 3 nitrogen and oxygen atoms in total. The summed E-state index contributed by atoms with van der Waals surface area (Å²) in [6.45, 7) is 6.08. The van der Waals surface area contributed by atoms with Gasteiger partial charge in [-0.1, -0.05) is 27.2 Å². The molecule has 84 valence electrons. The van der Waals surface area contributed by atoms with Gasteiger partial charge < -0.3 is 5.11 Å². The molecule has 3 unspecified atom stereocenters. The third kappa shape index (κ3) is 2.28. The summed E-state index contributed by atoms with van der Waals surface area (Å²) < 4.78 is 22.6. The molecule has 4 heteroatoms. The maximum atomic E-state index is 11.3. The van der Waals surface area contributed by atoms with Crippen LogP contribution in [-0.2, 0) is 9.84 Å². The molecule has 0 aromatic heterocycles. The monoisotopic (exact) mass is 220 g/mol. The van der Waals surface area contributed by atoms with Crippen molar-refractivity contribution >= 4 is 9.84 Å². The predicted molar refractivity (Wildman–Crippen MR) is 56.8 cm³/mol. The lowest BCUT2D eigenvalue weighted by atomic mass is 9.79. The molecule has 0 amide bonds. The van der Waals surface area contributed by atoms with Gasteiger partial charge in [0.15, 0.2) is 9.84 Å². The van der Waals surface area contributed by atoms with Gasteiger partial charge in [0, 0.05) is 0 Å². The molecule has 1 saturated heterocycles. The minimum absolute atomic E-state index is 0.0501. The van der Waals surface area contributed by atoms with Crippen molar-refractivity contribution < 1.29 is 13.5 Å². The van der Waals surface area contributed by atoms with Crippen molar-refractivity contribution in [1.29, 1.82) is 0 Å². The largest absolute Gasteiger partial charge is 0.389 e. The van der Waals surface area contributed by atoms with Crippen LogP contribution in [0.5, 0.6) is 0 Å². The van der Waals surface area contributed by atoms with Gasteiger partial charge in [-0.05, 0) is 18.3 Å². The fourth-order valence-electron chi connectivity index (χ4n) is 2.10. The van der Waals surface area contributed by atoms with E-state index >= 15 is 0 Å². The van der Waals surface area contributed by atoms with E-state index in [0.717, 1.165) is 6.42 Å². The summed E-state index contributed by atoms with van der Waals surface area (Å²) >= 11 is 0. The Bertz CT molecular complexity index is 296. The molecule has 1 N–H and O–H groups in total. The molecule has 0 spiro atoms. The molecule has 1 fully saturated rings. The second kappa shape index (κ2) is 3.81. The summed E-state index contributed by atoms with van der Waals surface area (Å²) in [4.78, 5) is 0. The van der Waals surface area contributed by atoms with E-state index in [4.69, 9.17) is 0 Å². The van der Waals surface area contributed by atoms with Gasteiger partial charge in [-0.15, -0.1) is 0 Å². The molecule has 0 aromatic carbocycles. The second-order valence-corrected chi connectivity index (χ2v) is 6.80. The summed E-state index contributed by atoms with van der Waals surface area (Å²) in [5, 5.41) is 10.2. The Labute approximate surface area is 86.4 Å². The molecule has 1 aliphatic heterocycles. The van der Waals surface area contributed by atoms with Crippen molar-refractivity contribution in [2.75, 3.05) is 11.5 Å². The standard InChI is InChI=1S/C10H20O3S/c1-4-8(2)9(3)10(11)5-6-14(12,13)7-10/h8-9,11H,4-7H2,1-3H3. The van der Waals surface area contributed by atoms with E-state index in [9.17, 15) is 13.5 Å². The fraction of sp³-hybridized carbons (Fsp3) is 1.00. The molecular weight excluding hydrogens is 200 g/mol. The summed E-state index contributed by atoms with van der Waals surface area (Å²) in [7, 11) is -2.99. The van der Waals surface area contributed by atoms with E-state index in [2.05, 4.69) is 13.8 Å². The molecule has 1 aliphatic rings. The quantitative estimate of drug-likeness (QED) is 0.778. The van der Waals surface area contributed by atoms with Gasteiger partial charge in [-0.2, -0.15) is 0 Å². The zero-order chi connectivity index (χ0) is 11.0. The van der Waals surface area contributed by atoms with Crippen molar-refractivity contribution in [2.45, 2.75) is 39.2 Å². The average molecular weight is 220 g/mol. The van der Waals surface area contributed by atoms with Crippen molar-refractivity contribution in [3.8, 4) is 0 Å². The number of aliphatic hydroxyl groups is 1. The first-order valence-electron chi connectivity index (χ1n) is 5.23. The van der Waals surface area contributed by atoms with Crippen molar-refractivity contribution in [3.63, 3.8) is 0 Å². The molecule has 0 radical (unpaired) electrons. The highest BCUT2D eigenvalue weighted by Gasteiger charge is 2.45. The highest BCUT2D eigenvalue weighted by Crippen LogP contribution is 2.35. The highest BCUT2D eigenvalue weighted by molar-refractivity contribution is 7.91. The Kier molecular flexibility index (Phi) is 3.26. The minimum Gasteiger partial charge on any atom is -0.389 e. The van der Waals surface area contributed by atoms with E-state index in [1.54, 1.807) is 0 Å². The van der Waals surface area contributed by atoms with Crippen LogP contribution >= 0.6 is 0 Å². The molecule has 1 heterocycles. The molecular formula is C10H20O3S. The van der Waals surface area contributed by atoms with Gasteiger partial charge in [0.2, 0.25) is 0 Å². The summed E-state index contributed by atoms with van der Waals surface area (Å²) in [5.41, 5.74) is -0.978. The number of sulfone groups is 1. The van der Waals surface area contributed by atoms with Crippen molar-refractivity contribution in [2.24, 2.45) is 11.8 Å². The molecule has 14 heavy (non-hydrogen) atoms. The molecule has 0 bridgehead atoms. The fourth-order valence-corrected chi connectivity index (χ4v) is 4.08. The number of rotatable bonds is 3. The van der Waals surface area contributed by atoms with Crippen LogP contribution in [0.4, 0.5) is 0 Å². The first kappa shape index (κ1) is 12.0. The third-order valence-electron chi connectivity index (χ3n) is 3.66. The van der Waals surface area contributed by atoms with Crippen LogP contribution in [0, 0.1) is 11.8 Å². The van der Waals surface area contributed by atoms with Gasteiger partial charge in [-0.3, -0.25) is 0 Å². The zero-order valence-electron chi connectivity index (χ0n) is 9.16. The van der Waals surface area contributed by atoms with Crippen LogP contribution in [0.25, 0.3) is 0 Å². The lowest BCUT2D eigenvalue weighted by Crippen LogP contribution is -2.40.